The maximum atomic E-state index is 4.28. The first-order valence-electron chi connectivity index (χ1n) is 6.82. The summed E-state index contributed by atoms with van der Waals surface area (Å²) >= 11 is 3.52. The van der Waals surface area contributed by atoms with Gasteiger partial charge < -0.3 is 9.88 Å². The zero-order valence-corrected chi connectivity index (χ0v) is 12.4. The van der Waals surface area contributed by atoms with Gasteiger partial charge in [-0.1, -0.05) is 28.1 Å². The van der Waals surface area contributed by atoms with Crippen molar-refractivity contribution in [2.24, 2.45) is 0 Å². The topological polar surface area (TPSA) is 29.9 Å². The third kappa shape index (κ3) is 3.45. The highest BCUT2D eigenvalue weighted by molar-refractivity contribution is 9.10. The Kier molecular flexibility index (Phi) is 3.99. The van der Waals surface area contributed by atoms with Crippen LogP contribution in [0.2, 0.25) is 0 Å². The molecular weight excluding hydrogens is 302 g/mol. The number of benzene rings is 1. The van der Waals surface area contributed by atoms with E-state index in [2.05, 4.69) is 49.0 Å². The number of hydrogen-bond donors (Lipinski definition) is 1. The molecule has 3 nitrogen and oxygen atoms in total. The Bertz CT molecular complexity index is 546. The second-order valence-corrected chi connectivity index (χ2v) is 5.98. The van der Waals surface area contributed by atoms with Gasteiger partial charge in [0.25, 0.3) is 0 Å². The van der Waals surface area contributed by atoms with E-state index in [0.29, 0.717) is 0 Å². The van der Waals surface area contributed by atoms with Crippen molar-refractivity contribution >= 4 is 15.9 Å². The highest BCUT2D eigenvalue weighted by Crippen LogP contribution is 2.23. The van der Waals surface area contributed by atoms with Crippen molar-refractivity contribution in [3.05, 3.63) is 41.3 Å². The minimum Gasteiger partial charge on any atom is -0.331 e. The lowest BCUT2D eigenvalue weighted by Crippen LogP contribution is -2.18. The van der Waals surface area contributed by atoms with E-state index >= 15 is 0 Å². The lowest BCUT2D eigenvalue weighted by atomic mass is 10.1. The van der Waals surface area contributed by atoms with Crippen molar-refractivity contribution in [3.63, 3.8) is 0 Å². The van der Waals surface area contributed by atoms with Gasteiger partial charge in [0.1, 0.15) is 0 Å². The number of nitrogens with one attached hydrogen (secondary N) is 1. The Morgan fingerprint density at radius 3 is 3.05 bits per heavy atom. The van der Waals surface area contributed by atoms with Gasteiger partial charge in [-0.2, -0.15) is 0 Å². The minimum absolute atomic E-state index is 0.798. The largest absolute Gasteiger partial charge is 0.331 e. The van der Waals surface area contributed by atoms with E-state index in [1.54, 1.807) is 0 Å². The molecule has 3 rings (SSSR count). The molecule has 0 bridgehead atoms. The summed E-state index contributed by atoms with van der Waals surface area (Å²) in [5, 5.41) is 3.55. The number of aromatic nitrogens is 2. The van der Waals surface area contributed by atoms with Crippen LogP contribution in [-0.2, 0) is 6.54 Å². The van der Waals surface area contributed by atoms with Crippen molar-refractivity contribution in [2.75, 3.05) is 6.54 Å². The summed E-state index contributed by atoms with van der Waals surface area (Å²) < 4.78 is 3.34. The highest BCUT2D eigenvalue weighted by atomic mass is 79.9. The minimum atomic E-state index is 0.798. The van der Waals surface area contributed by atoms with Crippen molar-refractivity contribution < 1.29 is 0 Å². The van der Waals surface area contributed by atoms with Gasteiger partial charge in [-0.15, -0.1) is 0 Å². The Balaban J connectivity index is 1.63. The molecule has 100 valence electrons. The van der Waals surface area contributed by atoms with Gasteiger partial charge in [-0.3, -0.25) is 0 Å². The standard InChI is InChI=1S/C15H18BrN3/c16-13-4-1-3-12(9-13)15-10-17-11-19(15)8-2-7-18-14-5-6-14/h1,3-4,9-11,14,18H,2,5-8H2. The molecule has 0 radical (unpaired) electrons. The Morgan fingerprint density at radius 2 is 2.26 bits per heavy atom. The SMILES string of the molecule is Brc1cccc(-c2cncn2CCCNC2CC2)c1. The fourth-order valence-corrected chi connectivity index (χ4v) is 2.63. The first-order valence-corrected chi connectivity index (χ1v) is 7.62. The molecule has 19 heavy (non-hydrogen) atoms. The molecule has 4 heteroatoms. The molecule has 2 aromatic rings. The lowest BCUT2D eigenvalue weighted by Gasteiger charge is -2.09. The maximum Gasteiger partial charge on any atom is 0.0950 e. The summed E-state index contributed by atoms with van der Waals surface area (Å²) in [6.07, 6.45) is 7.72. The summed E-state index contributed by atoms with van der Waals surface area (Å²) in [4.78, 5) is 4.28. The molecule has 0 aliphatic heterocycles. The average Bonchev–Trinajstić information content (AvgIpc) is 3.11. The number of aryl methyl sites for hydroxylation is 1. The van der Waals surface area contributed by atoms with Crippen LogP contribution in [0, 0.1) is 0 Å². The Morgan fingerprint density at radius 1 is 1.37 bits per heavy atom. The third-order valence-corrected chi connectivity index (χ3v) is 3.91. The summed E-state index contributed by atoms with van der Waals surface area (Å²) in [7, 11) is 0. The number of hydrogen-bond acceptors (Lipinski definition) is 2. The van der Waals surface area contributed by atoms with Crippen LogP contribution in [0.15, 0.2) is 41.3 Å². The van der Waals surface area contributed by atoms with Crippen molar-refractivity contribution in [2.45, 2.75) is 31.8 Å². The van der Waals surface area contributed by atoms with Crippen LogP contribution >= 0.6 is 15.9 Å². The summed E-state index contributed by atoms with van der Waals surface area (Å²) in [6.45, 7) is 2.11. The van der Waals surface area contributed by atoms with E-state index in [1.165, 1.54) is 24.1 Å². The fourth-order valence-electron chi connectivity index (χ4n) is 2.23. The number of imidazole rings is 1. The van der Waals surface area contributed by atoms with Gasteiger partial charge in [0, 0.05) is 22.6 Å². The molecule has 1 N–H and O–H groups in total. The molecule has 0 atom stereocenters. The normalized spacial score (nSPS) is 14.8. The summed E-state index contributed by atoms with van der Waals surface area (Å²) in [5.74, 6) is 0. The van der Waals surface area contributed by atoms with Crippen molar-refractivity contribution in [3.8, 4) is 11.3 Å². The Labute approximate surface area is 122 Å². The maximum absolute atomic E-state index is 4.28. The third-order valence-electron chi connectivity index (χ3n) is 3.42. The molecule has 0 spiro atoms. The molecule has 0 saturated heterocycles. The van der Waals surface area contributed by atoms with E-state index in [9.17, 15) is 0 Å². The molecule has 1 fully saturated rings. The highest BCUT2D eigenvalue weighted by Gasteiger charge is 2.19. The van der Waals surface area contributed by atoms with Gasteiger partial charge in [0.2, 0.25) is 0 Å². The van der Waals surface area contributed by atoms with Gasteiger partial charge in [-0.25, -0.2) is 4.98 Å². The van der Waals surface area contributed by atoms with Gasteiger partial charge in [-0.05, 0) is 37.9 Å². The second-order valence-electron chi connectivity index (χ2n) is 5.06. The molecule has 1 heterocycles. The second kappa shape index (κ2) is 5.88. The van der Waals surface area contributed by atoms with Crippen molar-refractivity contribution in [1.82, 2.24) is 14.9 Å². The van der Waals surface area contributed by atoms with E-state index in [4.69, 9.17) is 0 Å². The molecule has 1 aliphatic rings. The zero-order chi connectivity index (χ0) is 13.1. The van der Waals surface area contributed by atoms with Gasteiger partial charge >= 0.3 is 0 Å². The number of rotatable bonds is 6. The predicted molar refractivity (Wildman–Crippen MR) is 81.0 cm³/mol. The van der Waals surface area contributed by atoms with Gasteiger partial charge in [0.15, 0.2) is 0 Å². The first kappa shape index (κ1) is 12.9. The van der Waals surface area contributed by atoms with Crippen LogP contribution < -0.4 is 5.32 Å². The van der Waals surface area contributed by atoms with E-state index in [0.717, 1.165) is 30.0 Å². The number of nitrogens with zero attached hydrogens (tertiary/aromatic N) is 2. The predicted octanol–water partition coefficient (Wildman–Crippen LogP) is 3.45. The van der Waals surface area contributed by atoms with E-state index in [-0.39, 0.29) is 0 Å². The average molecular weight is 320 g/mol. The molecule has 1 aliphatic carbocycles. The van der Waals surface area contributed by atoms with Gasteiger partial charge in [0.05, 0.1) is 18.2 Å². The smallest absolute Gasteiger partial charge is 0.0950 e. The van der Waals surface area contributed by atoms with Crippen LogP contribution in [0.25, 0.3) is 11.3 Å². The molecule has 1 saturated carbocycles. The summed E-state index contributed by atoms with van der Waals surface area (Å²) in [6, 6.07) is 9.17. The quantitative estimate of drug-likeness (QED) is 0.826. The Hall–Kier alpha value is -1.13. The van der Waals surface area contributed by atoms with E-state index < -0.39 is 0 Å². The van der Waals surface area contributed by atoms with Crippen LogP contribution in [0.3, 0.4) is 0 Å². The first-order chi connectivity index (χ1) is 9.33. The monoisotopic (exact) mass is 319 g/mol. The summed E-state index contributed by atoms with van der Waals surface area (Å²) in [5.41, 5.74) is 2.40. The van der Waals surface area contributed by atoms with Crippen LogP contribution in [0.1, 0.15) is 19.3 Å². The molecule has 0 amide bonds. The lowest BCUT2D eigenvalue weighted by molar-refractivity contribution is 0.581. The molecular formula is C15H18BrN3. The zero-order valence-electron chi connectivity index (χ0n) is 10.8. The van der Waals surface area contributed by atoms with Crippen LogP contribution in [0.5, 0.6) is 0 Å². The fraction of sp³-hybridized carbons (Fsp3) is 0.400. The molecule has 0 unspecified atom stereocenters. The van der Waals surface area contributed by atoms with Crippen molar-refractivity contribution in [1.29, 1.82) is 0 Å². The van der Waals surface area contributed by atoms with Crippen LogP contribution in [0.4, 0.5) is 0 Å². The molecule has 1 aromatic heterocycles. The van der Waals surface area contributed by atoms with Crippen LogP contribution in [-0.4, -0.2) is 22.1 Å². The van der Waals surface area contributed by atoms with E-state index in [1.807, 2.05) is 18.6 Å². The number of halogens is 1. The molecule has 1 aromatic carbocycles.